The van der Waals surface area contributed by atoms with Crippen molar-refractivity contribution < 1.29 is 4.39 Å². The van der Waals surface area contributed by atoms with Gasteiger partial charge in [-0.3, -0.25) is 4.68 Å². The molecule has 3 nitrogen and oxygen atoms in total. The summed E-state index contributed by atoms with van der Waals surface area (Å²) in [5, 5.41) is 7.48. The molecule has 0 amide bonds. The number of halogens is 2. The molecule has 1 heterocycles. The highest BCUT2D eigenvalue weighted by atomic mass is 79.9. The predicted molar refractivity (Wildman–Crippen MR) is 77.5 cm³/mol. The molecule has 19 heavy (non-hydrogen) atoms. The number of likely N-dealkylation sites (N-methyl/N-ethyl adjacent to an activating group) is 1. The lowest BCUT2D eigenvalue weighted by Crippen LogP contribution is -2.18. The summed E-state index contributed by atoms with van der Waals surface area (Å²) < 4.78 is 16.1. The van der Waals surface area contributed by atoms with Gasteiger partial charge in [-0.2, -0.15) is 5.10 Å². The van der Waals surface area contributed by atoms with Gasteiger partial charge in [-0.25, -0.2) is 4.39 Å². The number of rotatable bonds is 5. The fraction of sp³-hybridized carbons (Fsp3) is 0.357. The average Bonchev–Trinajstić information content (AvgIpc) is 2.82. The number of benzene rings is 1. The normalized spacial score (nSPS) is 12.6. The van der Waals surface area contributed by atoms with Crippen LogP contribution >= 0.6 is 15.9 Å². The van der Waals surface area contributed by atoms with Crippen LogP contribution < -0.4 is 5.32 Å². The van der Waals surface area contributed by atoms with Gasteiger partial charge in [0, 0.05) is 23.3 Å². The van der Waals surface area contributed by atoms with Gasteiger partial charge in [0.15, 0.2) is 0 Å². The summed E-state index contributed by atoms with van der Waals surface area (Å²) in [5.41, 5.74) is 2.07. The summed E-state index contributed by atoms with van der Waals surface area (Å²) in [6.45, 7) is 2.91. The van der Waals surface area contributed by atoms with E-state index in [1.54, 1.807) is 6.07 Å². The second-order valence-corrected chi connectivity index (χ2v) is 5.37. The average molecular weight is 326 g/mol. The van der Waals surface area contributed by atoms with E-state index in [-0.39, 0.29) is 11.9 Å². The molecule has 0 fully saturated rings. The van der Waals surface area contributed by atoms with Crippen LogP contribution in [0.4, 0.5) is 4.39 Å². The van der Waals surface area contributed by atoms with Crippen molar-refractivity contribution in [1.82, 2.24) is 15.1 Å². The highest BCUT2D eigenvalue weighted by Crippen LogP contribution is 2.23. The van der Waals surface area contributed by atoms with Crippen molar-refractivity contribution in [2.24, 2.45) is 0 Å². The summed E-state index contributed by atoms with van der Waals surface area (Å²) >= 11 is 3.33. The molecule has 1 aromatic heterocycles. The van der Waals surface area contributed by atoms with Crippen LogP contribution in [-0.4, -0.2) is 16.8 Å². The molecule has 2 rings (SSSR count). The second kappa shape index (κ2) is 6.30. The molecule has 1 unspecified atom stereocenters. The smallest absolute Gasteiger partial charge is 0.124 e. The molecule has 1 N–H and O–H groups in total. The molecule has 2 aromatic rings. The largest absolute Gasteiger partial charge is 0.313 e. The third-order valence-corrected chi connectivity index (χ3v) is 3.54. The predicted octanol–water partition coefficient (Wildman–Crippen LogP) is 3.31. The minimum absolute atomic E-state index is 0.0708. The molecule has 102 valence electrons. The SMILES string of the molecule is CCn1cc(CC(NC)c2cc(F)cc(Br)c2)cn1. The second-order valence-electron chi connectivity index (χ2n) is 4.45. The topological polar surface area (TPSA) is 29.9 Å². The Bertz CT molecular complexity index is 533. The molecule has 5 heteroatoms. The van der Waals surface area contributed by atoms with Crippen molar-refractivity contribution in [2.45, 2.75) is 25.9 Å². The first-order valence-electron chi connectivity index (χ1n) is 6.27. The van der Waals surface area contributed by atoms with E-state index < -0.39 is 0 Å². The summed E-state index contributed by atoms with van der Waals surface area (Å²) in [6.07, 6.45) is 4.67. The van der Waals surface area contributed by atoms with Gasteiger partial charge in [0.2, 0.25) is 0 Å². The molecule has 0 saturated carbocycles. The van der Waals surface area contributed by atoms with Gasteiger partial charge in [0.05, 0.1) is 6.20 Å². The highest BCUT2D eigenvalue weighted by Gasteiger charge is 2.13. The lowest BCUT2D eigenvalue weighted by Gasteiger charge is -2.16. The molecular weight excluding hydrogens is 309 g/mol. The number of nitrogens with one attached hydrogen (secondary N) is 1. The minimum Gasteiger partial charge on any atom is -0.313 e. The van der Waals surface area contributed by atoms with Crippen molar-refractivity contribution in [2.75, 3.05) is 7.05 Å². The molecule has 0 radical (unpaired) electrons. The van der Waals surface area contributed by atoms with E-state index in [2.05, 4.69) is 33.3 Å². The molecule has 0 aliphatic carbocycles. The zero-order valence-corrected chi connectivity index (χ0v) is 12.6. The van der Waals surface area contributed by atoms with E-state index >= 15 is 0 Å². The van der Waals surface area contributed by atoms with Crippen molar-refractivity contribution in [1.29, 1.82) is 0 Å². The van der Waals surface area contributed by atoms with E-state index in [9.17, 15) is 4.39 Å². The fourth-order valence-corrected chi connectivity index (χ4v) is 2.57. The zero-order valence-electron chi connectivity index (χ0n) is 11.0. The van der Waals surface area contributed by atoms with Crippen molar-refractivity contribution in [3.05, 3.63) is 52.0 Å². The molecule has 0 aliphatic heterocycles. The first kappa shape index (κ1) is 14.2. The molecule has 0 aliphatic rings. The van der Waals surface area contributed by atoms with E-state index in [0.29, 0.717) is 0 Å². The van der Waals surface area contributed by atoms with E-state index in [1.807, 2.05) is 30.2 Å². The van der Waals surface area contributed by atoms with Crippen LogP contribution in [0.5, 0.6) is 0 Å². The van der Waals surface area contributed by atoms with Gasteiger partial charge in [-0.05, 0) is 49.7 Å². The van der Waals surface area contributed by atoms with Crippen LogP contribution in [0.3, 0.4) is 0 Å². The van der Waals surface area contributed by atoms with Crippen molar-refractivity contribution in [3.63, 3.8) is 0 Å². The molecule has 0 bridgehead atoms. The monoisotopic (exact) mass is 325 g/mol. The third kappa shape index (κ3) is 3.64. The maximum absolute atomic E-state index is 13.4. The summed E-state index contributed by atoms with van der Waals surface area (Å²) in [7, 11) is 1.88. The van der Waals surface area contributed by atoms with E-state index in [1.165, 1.54) is 6.07 Å². The first-order valence-corrected chi connectivity index (χ1v) is 7.06. The van der Waals surface area contributed by atoms with Gasteiger partial charge in [0.25, 0.3) is 0 Å². The maximum Gasteiger partial charge on any atom is 0.124 e. The van der Waals surface area contributed by atoms with E-state index in [0.717, 1.165) is 28.6 Å². The van der Waals surface area contributed by atoms with Gasteiger partial charge in [0.1, 0.15) is 5.82 Å². The number of hydrogen-bond acceptors (Lipinski definition) is 2. The van der Waals surface area contributed by atoms with Gasteiger partial charge >= 0.3 is 0 Å². The summed E-state index contributed by atoms with van der Waals surface area (Å²) in [4.78, 5) is 0. The lowest BCUT2D eigenvalue weighted by atomic mass is 10.0. The van der Waals surface area contributed by atoms with Gasteiger partial charge < -0.3 is 5.32 Å². The standard InChI is InChI=1S/C14H17BrFN3/c1-3-19-9-10(8-18-19)4-14(17-2)11-5-12(15)7-13(16)6-11/h5-9,14,17H,3-4H2,1-2H3. The number of aryl methyl sites for hydroxylation is 1. The Morgan fingerprint density at radius 3 is 2.79 bits per heavy atom. The quantitative estimate of drug-likeness (QED) is 0.914. The molecule has 0 saturated heterocycles. The Balaban J connectivity index is 2.19. The lowest BCUT2D eigenvalue weighted by molar-refractivity contribution is 0.576. The minimum atomic E-state index is -0.228. The van der Waals surface area contributed by atoms with E-state index in [4.69, 9.17) is 0 Å². The first-order chi connectivity index (χ1) is 9.12. The summed E-state index contributed by atoms with van der Waals surface area (Å²) in [5.74, 6) is -0.228. The Morgan fingerprint density at radius 2 is 2.21 bits per heavy atom. The summed E-state index contributed by atoms with van der Waals surface area (Å²) in [6, 6.07) is 5.04. The Kier molecular flexibility index (Phi) is 4.71. The third-order valence-electron chi connectivity index (χ3n) is 3.09. The Hall–Kier alpha value is -1.20. The van der Waals surface area contributed by atoms with Crippen LogP contribution in [0.2, 0.25) is 0 Å². The zero-order chi connectivity index (χ0) is 13.8. The molecular formula is C14H17BrFN3. The van der Waals surface area contributed by atoms with Gasteiger partial charge in [-0.1, -0.05) is 15.9 Å². The number of nitrogens with zero attached hydrogens (tertiary/aromatic N) is 2. The highest BCUT2D eigenvalue weighted by molar-refractivity contribution is 9.10. The maximum atomic E-state index is 13.4. The number of aromatic nitrogens is 2. The van der Waals surface area contributed by atoms with Crippen LogP contribution in [0, 0.1) is 5.82 Å². The Labute approximate surface area is 121 Å². The van der Waals surface area contributed by atoms with Crippen LogP contribution in [-0.2, 0) is 13.0 Å². The van der Waals surface area contributed by atoms with Crippen LogP contribution in [0.25, 0.3) is 0 Å². The van der Waals surface area contributed by atoms with Crippen LogP contribution in [0.15, 0.2) is 35.1 Å². The van der Waals surface area contributed by atoms with Crippen molar-refractivity contribution >= 4 is 15.9 Å². The number of hydrogen-bond donors (Lipinski definition) is 1. The molecule has 1 aromatic carbocycles. The molecule has 0 spiro atoms. The molecule has 1 atom stereocenters. The van der Waals surface area contributed by atoms with Crippen molar-refractivity contribution in [3.8, 4) is 0 Å². The fourth-order valence-electron chi connectivity index (χ4n) is 2.08. The van der Waals surface area contributed by atoms with Gasteiger partial charge in [-0.15, -0.1) is 0 Å². The Morgan fingerprint density at radius 1 is 1.42 bits per heavy atom. The van der Waals surface area contributed by atoms with Crippen LogP contribution in [0.1, 0.15) is 24.1 Å².